The number of benzene rings is 4. The molecule has 11 atom stereocenters. The van der Waals surface area contributed by atoms with Crippen molar-refractivity contribution >= 4 is 11.8 Å². The number of phenols is 4. The molecule has 8 aliphatic heterocycles. The number of likely N-dealkylation sites (N-methyl/N-ethyl adjacent to an activating group) is 2. The van der Waals surface area contributed by atoms with E-state index in [9.17, 15) is 40.5 Å². The van der Waals surface area contributed by atoms with Crippen LogP contribution < -0.4 is 35.3 Å². The van der Waals surface area contributed by atoms with Crippen LogP contribution in [-0.2, 0) is 35.3 Å². The molecule has 8 aliphatic rings. The Kier molecular flexibility index (Phi) is 17.2. The largest absolute Gasteiger partial charge is 0.507 e. The summed E-state index contributed by atoms with van der Waals surface area (Å²) in [6.07, 6.45) is 2.13. The summed E-state index contributed by atoms with van der Waals surface area (Å²) >= 11 is 0. The van der Waals surface area contributed by atoms with Gasteiger partial charge < -0.3 is 55.7 Å². The predicted molar refractivity (Wildman–Crippen MR) is 287 cm³/mol. The van der Waals surface area contributed by atoms with Gasteiger partial charge in [0.25, 0.3) is 0 Å². The van der Waals surface area contributed by atoms with E-state index in [1.54, 1.807) is 13.8 Å². The number of phenolic OH excluding ortho intramolecular Hbond substituents is 4. The molecule has 2 amide bonds. The molecule has 12 rings (SSSR count). The number of nitrogens with two attached hydrogens (primary N) is 1. The first-order chi connectivity index (χ1) is 37.1. The van der Waals surface area contributed by atoms with Gasteiger partial charge in [0, 0.05) is 176 Å². The van der Waals surface area contributed by atoms with Gasteiger partial charge in [0.15, 0.2) is 23.0 Å². The van der Waals surface area contributed by atoms with Gasteiger partial charge in [-0.1, -0.05) is 26.0 Å². The van der Waals surface area contributed by atoms with Crippen LogP contribution in [0, 0.1) is 158 Å². The Morgan fingerprint density at radius 3 is 1.32 bits per heavy atom. The maximum Gasteiger partial charge on any atom is 0.236 e. The summed E-state index contributed by atoms with van der Waals surface area (Å²) in [5.41, 5.74) is 17.7. The van der Waals surface area contributed by atoms with Crippen LogP contribution in [0.3, 0.4) is 0 Å². The number of nitriles is 2. The topological polar surface area (TPSA) is 263 Å². The summed E-state index contributed by atoms with van der Waals surface area (Å²) in [4.78, 5) is 34.2. The first-order valence-electron chi connectivity index (χ1n) is 27.1. The van der Waals surface area contributed by atoms with E-state index >= 15 is 0 Å². The Labute approximate surface area is 539 Å². The molecule has 2 fully saturated rings. The number of ether oxygens (including phenoxy) is 4. The molecule has 4 aromatic carbocycles. The number of piperazine rings is 2. The molecule has 4 bridgehead atoms. The molecule has 418 valence electrons. The minimum atomic E-state index is -0.700. The number of fused-ring (bicyclic) bond motifs is 18. The van der Waals surface area contributed by atoms with Crippen LogP contribution in [0.15, 0.2) is 12.1 Å². The van der Waals surface area contributed by atoms with Gasteiger partial charge in [-0.05, 0) is 122 Å². The Bertz CT molecular complexity index is 3090. The van der Waals surface area contributed by atoms with Crippen LogP contribution in [0.4, 0.5) is 0 Å². The second kappa shape index (κ2) is 22.8. The van der Waals surface area contributed by atoms with Crippen molar-refractivity contribution < 1.29 is 137 Å². The van der Waals surface area contributed by atoms with Gasteiger partial charge in [0.2, 0.25) is 25.4 Å². The van der Waals surface area contributed by atoms with Crippen LogP contribution >= 0.6 is 0 Å². The molecule has 0 spiro atoms. The number of hydrogen-bond acceptors (Lipinski definition) is 17. The summed E-state index contributed by atoms with van der Waals surface area (Å²) in [5, 5.41) is 73.0. The van der Waals surface area contributed by atoms with E-state index in [2.05, 4.69) is 54.5 Å². The number of nitrogens with one attached hydrogen (secondary N) is 2. The minimum absolute atomic E-state index is 0. The van der Waals surface area contributed by atoms with Crippen molar-refractivity contribution in [2.45, 2.75) is 154 Å². The van der Waals surface area contributed by atoms with E-state index < -0.39 is 30.2 Å². The van der Waals surface area contributed by atoms with Crippen molar-refractivity contribution in [1.29, 1.82) is 10.5 Å². The Morgan fingerprint density at radius 2 is 0.963 bits per heavy atom. The molecule has 2 saturated heterocycles. The normalized spacial score (nSPS) is 26.6. The maximum absolute atomic E-state index is 12.7. The van der Waals surface area contributed by atoms with Gasteiger partial charge in [-0.15, -0.1) is 0 Å². The fourth-order valence-corrected chi connectivity index (χ4v) is 14.6. The third-order valence-corrected chi connectivity index (χ3v) is 18.8. The van der Waals surface area contributed by atoms with Crippen molar-refractivity contribution in [3.8, 4) is 58.1 Å². The number of nitrogens with zero attached hydrogens (tertiary/aromatic N) is 6. The first-order valence-corrected chi connectivity index (χ1v) is 27.1. The molecule has 21 heteroatoms. The van der Waals surface area contributed by atoms with Crippen LogP contribution in [0.2, 0.25) is 0 Å². The molecule has 0 aromatic heterocycles. The van der Waals surface area contributed by atoms with Crippen LogP contribution in [0.1, 0.15) is 123 Å². The van der Waals surface area contributed by atoms with Crippen molar-refractivity contribution in [2.75, 3.05) is 40.8 Å². The summed E-state index contributed by atoms with van der Waals surface area (Å²) in [5.74, 6) is 2.44. The smallest absolute Gasteiger partial charge is 0.236 e. The average molecular weight is 1520 g/mol. The predicted octanol–water partition coefficient (Wildman–Crippen LogP) is 5.28. The van der Waals surface area contributed by atoms with Gasteiger partial charge in [-0.3, -0.25) is 29.2 Å². The second-order valence-corrected chi connectivity index (χ2v) is 23.2. The SMILES string of the molecule is Cc1cc2c(c(O)c1C)[C@@H]1C3Cc4c(O)c(C)c5c(c4[C@H](CNC(=O)C(C)C)N3[C@@H](C#N)[C@H](C2)N1C)OCO5.Cc1cc2c(c(O)c1C)[C@@H]1C3Cc4c(O)c(C)c5c(c4[C@H](CNC(=O)[C@H](C)N)N3[C@@H](C#N)[C@H](C2)N1C)OCO5.[Ac].[Ac]. The van der Waals surface area contributed by atoms with Crippen LogP contribution in [0.5, 0.6) is 46.0 Å². The zero-order valence-corrected chi connectivity index (χ0v) is 56.9. The van der Waals surface area contributed by atoms with Gasteiger partial charge in [-0.2, -0.15) is 10.5 Å². The van der Waals surface area contributed by atoms with E-state index in [0.717, 1.165) is 66.8 Å². The second-order valence-electron chi connectivity index (χ2n) is 23.2. The molecule has 8 N–H and O–H groups in total. The van der Waals surface area contributed by atoms with E-state index in [1.165, 1.54) is 0 Å². The van der Waals surface area contributed by atoms with E-state index in [0.29, 0.717) is 65.6 Å². The summed E-state index contributed by atoms with van der Waals surface area (Å²) < 4.78 is 23.4. The summed E-state index contributed by atoms with van der Waals surface area (Å²) in [6.45, 7) is 17.3. The number of aromatic hydroxyl groups is 4. The molecular formula is C59H71Ac2N9O10. The Morgan fingerprint density at radius 1 is 0.588 bits per heavy atom. The fourth-order valence-electron chi connectivity index (χ4n) is 14.6. The van der Waals surface area contributed by atoms with Crippen molar-refractivity contribution in [2.24, 2.45) is 11.7 Å². The number of rotatable bonds is 6. The third kappa shape index (κ3) is 9.26. The summed E-state index contributed by atoms with van der Waals surface area (Å²) in [7, 11) is 4.05. The van der Waals surface area contributed by atoms with Gasteiger partial charge in [0.1, 0.15) is 35.1 Å². The standard InChI is InChI=1S/C30H36N4O5.C29H35N5O5.2Ac/c1-13(2)30(37)32-11-22-24-18(26(35)16(5)28-29(24)39-12-38-28)9-20-25-23-17(7-14(3)15(4)27(23)36)8-19(33(25)6)21(10-31)34(20)22;1-12-6-16-7-18-20(9-30)34-19(24(33(18)5)22(16)26(36)13(12)2)8-17-23(21(34)10-32-29(37)15(4)31)28-27(38-11-39-28)14(3)25(17)35;;/h7,13,19-22,25,35-36H,8-9,11-12H2,1-6H3,(H,32,37);6,15,18-21,24,35-36H,7-8,10-11,31H2,1-5H3,(H,32,37);;/t19-,20?,21-,22-,25-;15-,18-,19?,20-,21-,24-;;/m00../s1. The van der Waals surface area contributed by atoms with E-state index in [4.69, 9.17) is 24.7 Å². The molecule has 0 aliphatic carbocycles. The monoisotopic (exact) mass is 1520 g/mol. The van der Waals surface area contributed by atoms with E-state index in [-0.39, 0.29) is 186 Å². The number of carbonyl (C=O) groups excluding carboxylic acids is 2. The average Bonchev–Trinajstić information content (AvgIpc) is 4.23. The number of aryl methyl sites for hydroxylation is 2. The molecule has 19 nitrogen and oxygen atoms in total. The number of hydrogen-bond donors (Lipinski definition) is 7. The number of carbonyl (C=O) groups is 2. The fraction of sp³-hybridized carbons (Fsp3) is 0.525. The first kappa shape index (κ1) is 60.5. The quantitative estimate of drug-likeness (QED) is 0.130. The molecular weight excluding hydrogens is 1450 g/mol. The minimum Gasteiger partial charge on any atom is -0.507 e. The maximum atomic E-state index is 12.7. The Hall–Kier alpha value is -4.12. The van der Waals surface area contributed by atoms with Crippen LogP contribution in [-0.4, -0.2) is 135 Å². The molecule has 2 radical (unpaired) electrons. The van der Waals surface area contributed by atoms with E-state index in [1.807, 2.05) is 62.6 Å². The van der Waals surface area contributed by atoms with Gasteiger partial charge >= 0.3 is 0 Å². The Balaban J connectivity index is 0.000000189. The molecule has 80 heavy (non-hydrogen) atoms. The van der Waals surface area contributed by atoms with Crippen LogP contribution in [0.25, 0.3) is 0 Å². The van der Waals surface area contributed by atoms with Gasteiger partial charge in [-0.25, -0.2) is 0 Å². The van der Waals surface area contributed by atoms with Crippen molar-refractivity contribution in [3.05, 3.63) is 90.0 Å². The molecule has 2 unspecified atom stereocenters. The molecule has 8 heterocycles. The zero-order valence-electron chi connectivity index (χ0n) is 47.4. The van der Waals surface area contributed by atoms with Crippen molar-refractivity contribution in [3.63, 3.8) is 0 Å². The molecule has 0 saturated carbocycles. The number of amides is 2. The third-order valence-electron chi connectivity index (χ3n) is 18.8. The van der Waals surface area contributed by atoms with Crippen molar-refractivity contribution in [1.82, 2.24) is 30.2 Å². The summed E-state index contributed by atoms with van der Waals surface area (Å²) in [6, 6.07) is 5.67. The zero-order chi connectivity index (χ0) is 55.8. The van der Waals surface area contributed by atoms with Gasteiger partial charge in [0.05, 0.1) is 42.3 Å². The molecule has 4 aromatic rings.